The summed E-state index contributed by atoms with van der Waals surface area (Å²) in [7, 11) is 0. The number of nitrogen functional groups attached to an aromatic ring is 1. The minimum atomic E-state index is 0.238. The average molecular weight is 192 g/mol. The molecule has 0 amide bonds. The first-order valence-electron chi connectivity index (χ1n) is 4.45. The van der Waals surface area contributed by atoms with Crippen molar-refractivity contribution in [2.24, 2.45) is 0 Å². The molecule has 0 radical (unpaired) electrons. The Morgan fingerprint density at radius 1 is 1.21 bits per heavy atom. The third-order valence-corrected chi connectivity index (χ3v) is 2.08. The van der Waals surface area contributed by atoms with Gasteiger partial charge in [0.2, 0.25) is 0 Å². The summed E-state index contributed by atoms with van der Waals surface area (Å²) in [6.07, 6.45) is 0. The van der Waals surface area contributed by atoms with Crippen molar-refractivity contribution in [2.75, 3.05) is 5.73 Å². The van der Waals surface area contributed by atoms with E-state index in [0.717, 1.165) is 11.2 Å². The second-order valence-electron chi connectivity index (χ2n) is 3.50. The molecule has 0 aliphatic rings. The van der Waals surface area contributed by atoms with Crippen LogP contribution in [0.1, 0.15) is 25.6 Å². The molecule has 0 saturated carbocycles. The minimum Gasteiger partial charge on any atom is -0.380 e. The zero-order chi connectivity index (χ0) is 10.3. The van der Waals surface area contributed by atoms with E-state index < -0.39 is 0 Å². The number of nitrogens with two attached hydrogens (primary N) is 1. The zero-order valence-electron chi connectivity index (χ0n) is 8.39. The van der Waals surface area contributed by atoms with Gasteiger partial charge in [-0.2, -0.15) is 5.10 Å². The number of hydrogen-bond donors (Lipinski definition) is 1. The molecule has 0 aromatic carbocycles. The standard InChI is InChI=1S/C8H12N6/c1-4(2)14-7-5(3)10-12-8(9)6(7)11-13-14/h4H,1-3H3,(H2,9,12). The lowest BCUT2D eigenvalue weighted by molar-refractivity contribution is 0.528. The normalized spacial score (nSPS) is 11.4. The summed E-state index contributed by atoms with van der Waals surface area (Å²) >= 11 is 0. The van der Waals surface area contributed by atoms with Crippen LogP contribution in [0.5, 0.6) is 0 Å². The van der Waals surface area contributed by atoms with Crippen LogP contribution >= 0.6 is 0 Å². The first kappa shape index (κ1) is 8.86. The van der Waals surface area contributed by atoms with Crippen molar-refractivity contribution >= 4 is 16.9 Å². The van der Waals surface area contributed by atoms with Crippen molar-refractivity contribution in [3.8, 4) is 0 Å². The summed E-state index contributed by atoms with van der Waals surface area (Å²) < 4.78 is 1.80. The fourth-order valence-electron chi connectivity index (χ4n) is 1.39. The van der Waals surface area contributed by atoms with Crippen LogP contribution in [-0.4, -0.2) is 25.2 Å². The van der Waals surface area contributed by atoms with E-state index in [1.165, 1.54) is 0 Å². The summed E-state index contributed by atoms with van der Waals surface area (Å²) in [6.45, 7) is 5.94. The molecule has 2 heterocycles. The highest BCUT2D eigenvalue weighted by Gasteiger charge is 2.13. The summed E-state index contributed by atoms with van der Waals surface area (Å²) in [5.74, 6) is 0.331. The second kappa shape index (κ2) is 2.90. The van der Waals surface area contributed by atoms with Crippen molar-refractivity contribution in [2.45, 2.75) is 26.8 Å². The highest BCUT2D eigenvalue weighted by molar-refractivity contribution is 5.85. The van der Waals surface area contributed by atoms with Crippen molar-refractivity contribution in [1.29, 1.82) is 0 Å². The van der Waals surface area contributed by atoms with E-state index in [1.807, 2.05) is 20.8 Å². The maximum atomic E-state index is 5.65. The van der Waals surface area contributed by atoms with Gasteiger partial charge in [-0.25, -0.2) is 4.68 Å². The maximum absolute atomic E-state index is 5.65. The topological polar surface area (TPSA) is 82.5 Å². The van der Waals surface area contributed by atoms with Crippen molar-refractivity contribution < 1.29 is 0 Å². The van der Waals surface area contributed by atoms with Gasteiger partial charge in [0.25, 0.3) is 0 Å². The quantitative estimate of drug-likeness (QED) is 0.718. The van der Waals surface area contributed by atoms with Gasteiger partial charge in [0.1, 0.15) is 5.52 Å². The number of nitrogens with zero attached hydrogens (tertiary/aromatic N) is 5. The van der Waals surface area contributed by atoms with Gasteiger partial charge in [-0.3, -0.25) is 0 Å². The monoisotopic (exact) mass is 192 g/mol. The van der Waals surface area contributed by atoms with Crippen LogP contribution in [0, 0.1) is 6.92 Å². The van der Waals surface area contributed by atoms with Gasteiger partial charge in [0.15, 0.2) is 11.3 Å². The summed E-state index contributed by atoms with van der Waals surface area (Å²) in [6, 6.07) is 0.238. The number of aromatic nitrogens is 5. The summed E-state index contributed by atoms with van der Waals surface area (Å²) in [5.41, 5.74) is 7.95. The van der Waals surface area contributed by atoms with Crippen LogP contribution < -0.4 is 5.73 Å². The highest BCUT2D eigenvalue weighted by Crippen LogP contribution is 2.20. The molecule has 0 bridgehead atoms. The van der Waals surface area contributed by atoms with E-state index in [2.05, 4.69) is 20.5 Å². The molecule has 2 aromatic rings. The summed E-state index contributed by atoms with van der Waals surface area (Å²) in [4.78, 5) is 0. The number of fused-ring (bicyclic) bond motifs is 1. The average Bonchev–Trinajstić information content (AvgIpc) is 2.56. The molecule has 2 rings (SSSR count). The number of hydrogen-bond acceptors (Lipinski definition) is 5. The Bertz CT molecular complexity index is 472. The molecule has 2 aromatic heterocycles. The first-order chi connectivity index (χ1) is 6.61. The summed E-state index contributed by atoms with van der Waals surface area (Å²) in [5, 5.41) is 15.7. The van der Waals surface area contributed by atoms with Crippen molar-refractivity contribution in [1.82, 2.24) is 25.2 Å². The van der Waals surface area contributed by atoms with Gasteiger partial charge < -0.3 is 5.73 Å². The molecule has 0 spiro atoms. The Hall–Kier alpha value is -1.72. The molecule has 74 valence electrons. The third kappa shape index (κ3) is 1.11. The number of rotatable bonds is 1. The van der Waals surface area contributed by atoms with Gasteiger partial charge in [0, 0.05) is 6.04 Å². The molecule has 14 heavy (non-hydrogen) atoms. The number of aryl methyl sites for hydroxylation is 1. The Morgan fingerprint density at radius 3 is 2.57 bits per heavy atom. The van der Waals surface area contributed by atoms with Crippen LogP contribution in [0.4, 0.5) is 5.82 Å². The molecular formula is C8H12N6. The second-order valence-corrected chi connectivity index (χ2v) is 3.50. The number of anilines is 1. The van der Waals surface area contributed by atoms with E-state index in [0.29, 0.717) is 11.3 Å². The van der Waals surface area contributed by atoms with Gasteiger partial charge >= 0.3 is 0 Å². The largest absolute Gasteiger partial charge is 0.380 e. The van der Waals surface area contributed by atoms with Crippen LogP contribution in [0.15, 0.2) is 0 Å². The van der Waals surface area contributed by atoms with E-state index in [4.69, 9.17) is 5.73 Å². The minimum absolute atomic E-state index is 0.238. The molecule has 6 nitrogen and oxygen atoms in total. The van der Waals surface area contributed by atoms with E-state index in [-0.39, 0.29) is 6.04 Å². The van der Waals surface area contributed by atoms with E-state index >= 15 is 0 Å². The lowest BCUT2D eigenvalue weighted by atomic mass is 10.3. The molecule has 0 atom stereocenters. The van der Waals surface area contributed by atoms with Gasteiger partial charge in [0.05, 0.1) is 5.69 Å². The van der Waals surface area contributed by atoms with Crippen molar-refractivity contribution in [3.63, 3.8) is 0 Å². The van der Waals surface area contributed by atoms with Gasteiger partial charge in [-0.05, 0) is 20.8 Å². The van der Waals surface area contributed by atoms with Gasteiger partial charge in [-0.1, -0.05) is 5.21 Å². The van der Waals surface area contributed by atoms with Crippen LogP contribution in [0.25, 0.3) is 11.0 Å². The highest BCUT2D eigenvalue weighted by atomic mass is 15.4. The van der Waals surface area contributed by atoms with E-state index in [9.17, 15) is 0 Å². The lowest BCUT2D eigenvalue weighted by Gasteiger charge is -2.06. The third-order valence-electron chi connectivity index (χ3n) is 2.08. The molecule has 2 N–H and O–H groups in total. The molecule has 0 unspecified atom stereocenters. The van der Waals surface area contributed by atoms with Gasteiger partial charge in [-0.15, -0.1) is 10.2 Å². The first-order valence-corrected chi connectivity index (χ1v) is 4.45. The molecule has 0 aliphatic heterocycles. The van der Waals surface area contributed by atoms with Crippen molar-refractivity contribution in [3.05, 3.63) is 5.69 Å². The smallest absolute Gasteiger partial charge is 0.176 e. The molecule has 6 heteroatoms. The Balaban J connectivity index is 2.84. The molecule has 0 fully saturated rings. The van der Waals surface area contributed by atoms with E-state index in [1.54, 1.807) is 4.68 Å². The van der Waals surface area contributed by atoms with Crippen LogP contribution in [0.2, 0.25) is 0 Å². The van der Waals surface area contributed by atoms with Crippen LogP contribution in [-0.2, 0) is 0 Å². The SMILES string of the molecule is Cc1nnc(N)c2nnn(C(C)C)c12. The molecule has 0 saturated heterocycles. The predicted octanol–water partition coefficient (Wildman–Crippen LogP) is 0.693. The zero-order valence-corrected chi connectivity index (χ0v) is 8.39. The Labute approximate surface area is 81.1 Å². The Kier molecular flexibility index (Phi) is 1.83. The maximum Gasteiger partial charge on any atom is 0.176 e. The fraction of sp³-hybridized carbons (Fsp3) is 0.500. The lowest BCUT2D eigenvalue weighted by Crippen LogP contribution is -2.05. The fourth-order valence-corrected chi connectivity index (χ4v) is 1.39. The Morgan fingerprint density at radius 2 is 1.93 bits per heavy atom. The predicted molar refractivity (Wildman–Crippen MR) is 52.7 cm³/mol. The molecular weight excluding hydrogens is 180 g/mol. The van der Waals surface area contributed by atoms with Crippen LogP contribution in [0.3, 0.4) is 0 Å². The molecule has 0 aliphatic carbocycles.